The number of carbonyl (C=O) groups excluding carboxylic acids is 2. The highest BCUT2D eigenvalue weighted by Gasteiger charge is 2.56. The molecule has 0 spiro atoms. The number of carbonyl (C=O) groups is 2. The van der Waals surface area contributed by atoms with Crippen LogP contribution in [0.3, 0.4) is 0 Å². The Balaban J connectivity index is 1.18. The first-order valence-electron chi connectivity index (χ1n) is 11.0. The van der Waals surface area contributed by atoms with Crippen LogP contribution in [0.1, 0.15) is 75.1 Å². The summed E-state index contributed by atoms with van der Waals surface area (Å²) in [4.78, 5) is 28.6. The van der Waals surface area contributed by atoms with Crippen molar-refractivity contribution < 1.29 is 9.59 Å². The van der Waals surface area contributed by atoms with E-state index >= 15 is 0 Å². The number of rotatable bonds is 4. The molecule has 1 unspecified atom stereocenters. The van der Waals surface area contributed by atoms with E-state index < -0.39 is 0 Å². The van der Waals surface area contributed by atoms with Crippen LogP contribution in [0.2, 0.25) is 0 Å². The van der Waals surface area contributed by atoms with Crippen molar-refractivity contribution >= 4 is 28.3 Å². The van der Waals surface area contributed by atoms with Crippen LogP contribution in [0.15, 0.2) is 0 Å². The van der Waals surface area contributed by atoms with E-state index in [0.29, 0.717) is 11.0 Å². The summed E-state index contributed by atoms with van der Waals surface area (Å²) in [7, 11) is 0. The average Bonchev–Trinajstić information content (AvgIpc) is 3.21. The van der Waals surface area contributed by atoms with Gasteiger partial charge in [0, 0.05) is 12.5 Å². The molecule has 7 heteroatoms. The van der Waals surface area contributed by atoms with Gasteiger partial charge in [0.15, 0.2) is 0 Å². The van der Waals surface area contributed by atoms with Crippen LogP contribution in [0.4, 0.5) is 5.13 Å². The Hall–Kier alpha value is -1.50. The van der Waals surface area contributed by atoms with Crippen LogP contribution in [0, 0.1) is 23.2 Å². The Bertz CT molecular complexity index is 782. The SMILES string of the molecule is O=C(Nc1nnc(C2CC2)s1)C1CCCN1C(=O)C12CC3CC(CC(C3)C1)C2. The molecule has 4 bridgehead atoms. The molecule has 1 aromatic rings. The first kappa shape index (κ1) is 17.4. The van der Waals surface area contributed by atoms with E-state index in [1.807, 2.05) is 4.90 Å². The Morgan fingerprint density at radius 1 is 1.00 bits per heavy atom. The summed E-state index contributed by atoms with van der Waals surface area (Å²) in [6, 6.07) is -0.339. The standard InChI is InChI=1S/C21H28N4O2S/c26-17(22-20-24-23-18(28-20)15-3-4-15)16-2-1-5-25(16)19(27)21-9-12-6-13(10-21)8-14(7-12)11-21/h12-16H,1-11H2,(H,22,24,26). The molecule has 5 saturated carbocycles. The van der Waals surface area contributed by atoms with Crippen LogP contribution in [-0.4, -0.2) is 39.5 Å². The third kappa shape index (κ3) is 2.80. The van der Waals surface area contributed by atoms with E-state index in [4.69, 9.17) is 0 Å². The van der Waals surface area contributed by atoms with Gasteiger partial charge < -0.3 is 4.90 Å². The Kier molecular flexibility index (Phi) is 3.87. The van der Waals surface area contributed by atoms with Crippen LogP contribution in [-0.2, 0) is 9.59 Å². The molecular formula is C21H28N4O2S. The molecule has 1 aromatic heterocycles. The number of hydrogen-bond donors (Lipinski definition) is 1. The molecule has 0 radical (unpaired) electrons. The number of hydrogen-bond acceptors (Lipinski definition) is 5. The number of amides is 2. The zero-order valence-corrected chi connectivity index (χ0v) is 17.0. The van der Waals surface area contributed by atoms with Crippen molar-refractivity contribution in [3.05, 3.63) is 5.01 Å². The van der Waals surface area contributed by atoms with Gasteiger partial charge in [0.1, 0.15) is 11.0 Å². The summed E-state index contributed by atoms with van der Waals surface area (Å²) in [5.74, 6) is 2.98. The molecule has 6 nitrogen and oxygen atoms in total. The van der Waals surface area contributed by atoms with Gasteiger partial charge in [-0.3, -0.25) is 14.9 Å². The van der Waals surface area contributed by atoms with Gasteiger partial charge in [0.2, 0.25) is 16.9 Å². The molecule has 28 heavy (non-hydrogen) atoms. The molecule has 2 heterocycles. The highest BCUT2D eigenvalue weighted by atomic mass is 32.1. The van der Waals surface area contributed by atoms with E-state index in [1.54, 1.807) is 0 Å². The molecule has 0 aromatic carbocycles. The maximum absolute atomic E-state index is 13.7. The van der Waals surface area contributed by atoms with Crippen LogP contribution in [0.5, 0.6) is 0 Å². The summed E-state index contributed by atoms with van der Waals surface area (Å²) in [6.45, 7) is 0.724. The van der Waals surface area contributed by atoms with Crippen molar-refractivity contribution in [1.82, 2.24) is 15.1 Å². The lowest BCUT2D eigenvalue weighted by atomic mass is 9.49. The second-order valence-corrected chi connectivity index (χ2v) is 11.1. The van der Waals surface area contributed by atoms with Crippen LogP contribution >= 0.6 is 11.3 Å². The average molecular weight is 401 g/mol. The lowest BCUT2D eigenvalue weighted by Crippen LogP contribution is -2.56. The summed E-state index contributed by atoms with van der Waals surface area (Å²) < 4.78 is 0. The first-order chi connectivity index (χ1) is 13.6. The van der Waals surface area contributed by atoms with Crippen molar-refractivity contribution in [2.75, 3.05) is 11.9 Å². The fourth-order valence-corrected chi connectivity index (χ4v) is 7.84. The van der Waals surface area contributed by atoms with Crippen molar-refractivity contribution in [2.24, 2.45) is 23.2 Å². The molecule has 6 fully saturated rings. The minimum atomic E-state index is -0.339. The summed E-state index contributed by atoms with van der Waals surface area (Å²) in [5, 5.41) is 12.9. The first-order valence-corrected chi connectivity index (χ1v) is 11.9. The quantitative estimate of drug-likeness (QED) is 0.838. The molecule has 2 amide bonds. The molecular weight excluding hydrogens is 372 g/mol. The number of nitrogens with one attached hydrogen (secondary N) is 1. The highest BCUT2D eigenvalue weighted by molar-refractivity contribution is 7.15. The topological polar surface area (TPSA) is 75.2 Å². The van der Waals surface area contributed by atoms with Gasteiger partial charge >= 0.3 is 0 Å². The summed E-state index contributed by atoms with van der Waals surface area (Å²) >= 11 is 1.49. The number of anilines is 1. The highest BCUT2D eigenvalue weighted by Crippen LogP contribution is 2.60. The monoisotopic (exact) mass is 400 g/mol. The largest absolute Gasteiger partial charge is 0.330 e. The van der Waals surface area contributed by atoms with E-state index in [1.165, 1.54) is 43.4 Å². The van der Waals surface area contributed by atoms with Gasteiger partial charge in [-0.25, -0.2) is 0 Å². The molecule has 1 atom stereocenters. The molecule has 6 aliphatic rings. The lowest BCUT2D eigenvalue weighted by Gasteiger charge is -2.56. The molecule has 1 N–H and O–H groups in total. The number of aromatic nitrogens is 2. The number of nitrogens with zero attached hydrogens (tertiary/aromatic N) is 3. The van der Waals surface area contributed by atoms with E-state index in [2.05, 4.69) is 15.5 Å². The van der Waals surface area contributed by atoms with Crippen molar-refractivity contribution in [2.45, 2.75) is 76.2 Å². The second kappa shape index (κ2) is 6.25. The van der Waals surface area contributed by atoms with Gasteiger partial charge in [-0.15, -0.1) is 10.2 Å². The van der Waals surface area contributed by atoms with E-state index in [-0.39, 0.29) is 23.3 Å². The second-order valence-electron chi connectivity index (χ2n) is 10.1. The van der Waals surface area contributed by atoms with Gasteiger partial charge in [-0.2, -0.15) is 0 Å². The van der Waals surface area contributed by atoms with Gasteiger partial charge in [0.05, 0.1) is 5.41 Å². The molecule has 1 saturated heterocycles. The Morgan fingerprint density at radius 2 is 1.68 bits per heavy atom. The Labute approximate surface area is 169 Å². The van der Waals surface area contributed by atoms with Crippen LogP contribution in [0.25, 0.3) is 0 Å². The van der Waals surface area contributed by atoms with E-state index in [9.17, 15) is 9.59 Å². The third-order valence-electron chi connectivity index (χ3n) is 7.91. The molecule has 1 aliphatic heterocycles. The van der Waals surface area contributed by atoms with Crippen molar-refractivity contribution in [3.63, 3.8) is 0 Å². The van der Waals surface area contributed by atoms with Gasteiger partial charge in [-0.05, 0) is 82.0 Å². The maximum atomic E-state index is 13.7. The zero-order chi connectivity index (χ0) is 18.9. The van der Waals surface area contributed by atoms with Gasteiger partial charge in [-0.1, -0.05) is 11.3 Å². The van der Waals surface area contributed by atoms with Crippen LogP contribution < -0.4 is 5.32 Å². The third-order valence-corrected chi connectivity index (χ3v) is 8.91. The summed E-state index contributed by atoms with van der Waals surface area (Å²) in [6.07, 6.45) is 11.2. The molecule has 7 rings (SSSR count). The fourth-order valence-electron chi connectivity index (χ4n) is 6.93. The fraction of sp³-hybridized carbons (Fsp3) is 0.810. The van der Waals surface area contributed by atoms with Crippen molar-refractivity contribution in [3.8, 4) is 0 Å². The smallest absolute Gasteiger partial charge is 0.249 e. The zero-order valence-electron chi connectivity index (χ0n) is 16.2. The van der Waals surface area contributed by atoms with Gasteiger partial charge in [0.25, 0.3) is 0 Å². The minimum absolute atomic E-state index is 0.0749. The van der Waals surface area contributed by atoms with E-state index in [0.717, 1.165) is 61.4 Å². The summed E-state index contributed by atoms with van der Waals surface area (Å²) in [5.41, 5.74) is -0.167. The molecule has 5 aliphatic carbocycles. The number of likely N-dealkylation sites (tertiary alicyclic amines) is 1. The lowest BCUT2D eigenvalue weighted by molar-refractivity contribution is -0.160. The minimum Gasteiger partial charge on any atom is -0.330 e. The Morgan fingerprint density at radius 3 is 2.32 bits per heavy atom. The maximum Gasteiger partial charge on any atom is 0.249 e. The van der Waals surface area contributed by atoms with Crippen molar-refractivity contribution in [1.29, 1.82) is 0 Å². The predicted octanol–water partition coefficient (Wildman–Crippen LogP) is 3.56. The normalized spacial score (nSPS) is 38.8. The predicted molar refractivity (Wildman–Crippen MR) is 106 cm³/mol. The molecule has 150 valence electrons.